The third-order valence-electron chi connectivity index (χ3n) is 5.71. The molecule has 2 heterocycles. The fourth-order valence-electron chi connectivity index (χ4n) is 4.44. The molecule has 0 spiro atoms. The van der Waals surface area contributed by atoms with E-state index in [0.29, 0.717) is 18.0 Å². The van der Waals surface area contributed by atoms with E-state index in [-0.39, 0.29) is 12.1 Å². The summed E-state index contributed by atoms with van der Waals surface area (Å²) in [6.07, 6.45) is 4.70. The van der Waals surface area contributed by atoms with Crippen LogP contribution in [0.5, 0.6) is 0 Å². The van der Waals surface area contributed by atoms with E-state index in [1.54, 1.807) is 0 Å². The van der Waals surface area contributed by atoms with Crippen molar-refractivity contribution in [2.24, 2.45) is 5.92 Å². The molecule has 4 fully saturated rings. The quantitative estimate of drug-likeness (QED) is 0.859. The van der Waals surface area contributed by atoms with Gasteiger partial charge in [-0.25, -0.2) is 4.79 Å². The number of halogens is 1. The van der Waals surface area contributed by atoms with E-state index in [2.05, 4.69) is 12.2 Å². The first-order valence-electron chi connectivity index (χ1n) is 8.58. The summed E-state index contributed by atoms with van der Waals surface area (Å²) < 4.78 is 0. The van der Waals surface area contributed by atoms with Gasteiger partial charge in [0, 0.05) is 22.8 Å². The van der Waals surface area contributed by atoms with Crippen LogP contribution in [0.1, 0.15) is 50.5 Å². The summed E-state index contributed by atoms with van der Waals surface area (Å²) in [7, 11) is 0. The molecule has 2 amide bonds. The van der Waals surface area contributed by atoms with Crippen molar-refractivity contribution in [1.29, 1.82) is 0 Å². The zero-order valence-corrected chi connectivity index (χ0v) is 14.1. The van der Waals surface area contributed by atoms with Crippen LogP contribution in [0.25, 0.3) is 0 Å². The molecule has 2 aliphatic carbocycles. The number of aliphatic hydroxyl groups is 1. The molecular formula is C18H23ClN2O2. The SMILES string of the molecule is CC1CC2CC(C1)N2C(=O)Nc1ccc(Cl)c(C2CC(O)C2)c1. The molecule has 4 aliphatic rings. The Hall–Kier alpha value is -1.26. The van der Waals surface area contributed by atoms with Crippen LogP contribution in [0.3, 0.4) is 0 Å². The molecule has 1 aromatic rings. The lowest BCUT2D eigenvalue weighted by atomic mass is 9.74. The Labute approximate surface area is 141 Å². The maximum atomic E-state index is 12.6. The number of nitrogens with one attached hydrogen (secondary N) is 1. The Morgan fingerprint density at radius 2 is 1.91 bits per heavy atom. The van der Waals surface area contributed by atoms with Crippen molar-refractivity contribution in [2.45, 2.75) is 63.1 Å². The zero-order chi connectivity index (χ0) is 16.1. The first-order valence-corrected chi connectivity index (χ1v) is 8.96. The normalized spacial score (nSPS) is 35.3. The van der Waals surface area contributed by atoms with E-state index >= 15 is 0 Å². The van der Waals surface area contributed by atoms with Gasteiger partial charge in [-0.3, -0.25) is 0 Å². The molecule has 23 heavy (non-hydrogen) atoms. The smallest absolute Gasteiger partial charge is 0.322 e. The Kier molecular flexibility index (Phi) is 3.77. The minimum absolute atomic E-state index is 0.0140. The number of fused-ring (bicyclic) bond motifs is 2. The Bertz CT molecular complexity index is 617. The number of rotatable bonds is 2. The van der Waals surface area contributed by atoms with Gasteiger partial charge in [0.05, 0.1) is 6.10 Å². The van der Waals surface area contributed by atoms with E-state index in [4.69, 9.17) is 11.6 Å². The van der Waals surface area contributed by atoms with Gasteiger partial charge >= 0.3 is 6.03 Å². The molecule has 2 aliphatic heterocycles. The highest BCUT2D eigenvalue weighted by Crippen LogP contribution is 2.42. The predicted molar refractivity (Wildman–Crippen MR) is 90.9 cm³/mol. The monoisotopic (exact) mass is 334 g/mol. The summed E-state index contributed by atoms with van der Waals surface area (Å²) in [5.41, 5.74) is 1.83. The Morgan fingerprint density at radius 3 is 2.57 bits per heavy atom. The highest BCUT2D eigenvalue weighted by Gasteiger charge is 2.46. The highest BCUT2D eigenvalue weighted by atomic mass is 35.5. The van der Waals surface area contributed by atoms with Gasteiger partial charge in [-0.15, -0.1) is 0 Å². The second-order valence-electron chi connectivity index (χ2n) is 7.52. The summed E-state index contributed by atoms with van der Waals surface area (Å²) in [4.78, 5) is 14.6. The first kappa shape index (κ1) is 15.3. The molecule has 5 heteroatoms. The molecule has 1 aromatic carbocycles. The number of carbonyl (C=O) groups is 1. The molecule has 2 unspecified atom stereocenters. The average molecular weight is 335 g/mol. The molecule has 5 rings (SSSR count). The molecule has 2 atom stereocenters. The van der Waals surface area contributed by atoms with Crippen molar-refractivity contribution in [1.82, 2.24) is 4.90 Å². The van der Waals surface area contributed by atoms with Gasteiger partial charge in [-0.05, 0) is 67.7 Å². The van der Waals surface area contributed by atoms with Crippen molar-refractivity contribution in [3.8, 4) is 0 Å². The van der Waals surface area contributed by atoms with Crippen molar-refractivity contribution in [3.05, 3.63) is 28.8 Å². The fraction of sp³-hybridized carbons (Fsp3) is 0.611. The molecule has 2 saturated heterocycles. The number of hydrogen-bond acceptors (Lipinski definition) is 2. The second-order valence-corrected chi connectivity index (χ2v) is 7.92. The molecule has 124 valence electrons. The van der Waals surface area contributed by atoms with Crippen LogP contribution >= 0.6 is 11.6 Å². The van der Waals surface area contributed by atoms with Gasteiger partial charge in [0.15, 0.2) is 0 Å². The third kappa shape index (κ3) is 2.72. The zero-order valence-electron chi connectivity index (χ0n) is 13.3. The topological polar surface area (TPSA) is 52.6 Å². The van der Waals surface area contributed by atoms with Crippen LogP contribution in [-0.4, -0.2) is 34.2 Å². The number of urea groups is 1. The number of hydrogen-bond donors (Lipinski definition) is 2. The fourth-order valence-corrected chi connectivity index (χ4v) is 4.71. The van der Waals surface area contributed by atoms with E-state index < -0.39 is 0 Å². The molecule has 2 saturated carbocycles. The average Bonchev–Trinajstić information content (AvgIpc) is 2.45. The number of anilines is 1. The molecular weight excluding hydrogens is 312 g/mol. The summed E-state index contributed by atoms with van der Waals surface area (Å²) in [6, 6.07) is 6.51. The largest absolute Gasteiger partial charge is 0.393 e. The van der Waals surface area contributed by atoms with Crippen molar-refractivity contribution < 1.29 is 9.90 Å². The Morgan fingerprint density at radius 1 is 1.22 bits per heavy atom. The maximum Gasteiger partial charge on any atom is 0.322 e. The summed E-state index contributed by atoms with van der Waals surface area (Å²) in [5.74, 6) is 1.04. The lowest BCUT2D eigenvalue weighted by Gasteiger charge is -2.54. The van der Waals surface area contributed by atoms with Crippen molar-refractivity contribution in [3.63, 3.8) is 0 Å². The molecule has 2 bridgehead atoms. The van der Waals surface area contributed by atoms with E-state index in [1.807, 2.05) is 23.1 Å². The van der Waals surface area contributed by atoms with Gasteiger partial charge < -0.3 is 15.3 Å². The van der Waals surface area contributed by atoms with Crippen molar-refractivity contribution in [2.75, 3.05) is 5.32 Å². The van der Waals surface area contributed by atoms with Crippen LogP contribution in [-0.2, 0) is 0 Å². The van der Waals surface area contributed by atoms with Crippen LogP contribution in [0, 0.1) is 5.92 Å². The lowest BCUT2D eigenvalue weighted by molar-refractivity contribution is -0.00601. The van der Waals surface area contributed by atoms with E-state index in [0.717, 1.165) is 54.3 Å². The summed E-state index contributed by atoms with van der Waals surface area (Å²) >= 11 is 6.28. The van der Waals surface area contributed by atoms with Gasteiger partial charge in [0.1, 0.15) is 0 Å². The predicted octanol–water partition coefficient (Wildman–Crippen LogP) is 3.98. The van der Waals surface area contributed by atoms with Crippen LogP contribution < -0.4 is 5.32 Å². The maximum absolute atomic E-state index is 12.6. The highest BCUT2D eigenvalue weighted by molar-refractivity contribution is 6.31. The Balaban J connectivity index is 1.45. The number of aliphatic hydroxyl groups excluding tert-OH is 1. The molecule has 0 aromatic heterocycles. The number of nitrogens with zero attached hydrogens (tertiary/aromatic N) is 1. The van der Waals surface area contributed by atoms with Crippen LogP contribution in [0.2, 0.25) is 5.02 Å². The lowest BCUT2D eigenvalue weighted by Crippen LogP contribution is -2.63. The van der Waals surface area contributed by atoms with E-state index in [9.17, 15) is 9.90 Å². The molecule has 0 radical (unpaired) electrons. The standard InChI is InChI=1S/C18H23ClN2O2/c1-10-4-13-9-14(5-10)21(13)18(23)20-12-2-3-17(19)16(8-12)11-6-15(22)7-11/h2-3,8,10-11,13-15,22H,4-7,9H2,1H3,(H,20,23). The van der Waals surface area contributed by atoms with E-state index in [1.165, 1.54) is 0 Å². The molecule has 4 nitrogen and oxygen atoms in total. The number of piperidine rings is 1. The van der Waals surface area contributed by atoms with Gasteiger partial charge in [-0.2, -0.15) is 0 Å². The van der Waals surface area contributed by atoms with Gasteiger partial charge in [0.25, 0.3) is 0 Å². The van der Waals surface area contributed by atoms with Crippen LogP contribution in [0.4, 0.5) is 10.5 Å². The number of benzene rings is 1. The third-order valence-corrected chi connectivity index (χ3v) is 6.06. The number of amides is 2. The second kappa shape index (κ2) is 5.67. The first-order chi connectivity index (χ1) is 11.0. The number of carbonyl (C=O) groups excluding carboxylic acids is 1. The summed E-state index contributed by atoms with van der Waals surface area (Å²) in [6.45, 7) is 2.27. The van der Waals surface area contributed by atoms with Gasteiger partial charge in [0.2, 0.25) is 0 Å². The minimum Gasteiger partial charge on any atom is -0.393 e. The van der Waals surface area contributed by atoms with Crippen molar-refractivity contribution >= 4 is 23.3 Å². The molecule has 2 N–H and O–H groups in total. The van der Waals surface area contributed by atoms with Gasteiger partial charge in [-0.1, -0.05) is 18.5 Å². The summed E-state index contributed by atoms with van der Waals surface area (Å²) in [5, 5.41) is 13.2. The minimum atomic E-state index is -0.211. The van der Waals surface area contributed by atoms with Crippen LogP contribution in [0.15, 0.2) is 18.2 Å².